The lowest BCUT2D eigenvalue weighted by Crippen LogP contribution is -2.29. The molecule has 3 N–H and O–H groups in total. The van der Waals surface area contributed by atoms with Crippen LogP contribution in [0.3, 0.4) is 0 Å². The molecule has 2 atom stereocenters. The van der Waals surface area contributed by atoms with Crippen LogP contribution in [0, 0.1) is 0 Å². The summed E-state index contributed by atoms with van der Waals surface area (Å²) in [4.78, 5) is 35.0. The van der Waals surface area contributed by atoms with Crippen molar-refractivity contribution in [2.45, 2.75) is 290 Å². The number of rotatable bonds is 51. The van der Waals surface area contributed by atoms with E-state index in [0.717, 1.165) is 32.1 Å². The van der Waals surface area contributed by atoms with Crippen molar-refractivity contribution in [3.63, 3.8) is 0 Å². The SMILES string of the molecule is CCCCCCCCCCCCCCCCCCCCCCCCCCCCCCC(=O)OC(COC(=O)CCCCCCCCCCCCCC)COP(=O)(O)OCCN. The van der Waals surface area contributed by atoms with Gasteiger partial charge in [-0.3, -0.25) is 18.6 Å². The second kappa shape index (κ2) is 48.5. The minimum Gasteiger partial charge on any atom is -0.462 e. The largest absolute Gasteiger partial charge is 0.472 e. The Morgan fingerprint density at radius 3 is 1.00 bits per heavy atom. The molecule has 0 aromatic heterocycles. The summed E-state index contributed by atoms with van der Waals surface area (Å²) in [6.07, 6.45) is 51.6. The predicted octanol–water partition coefficient (Wildman–Crippen LogP) is 16.0. The number of unbranched alkanes of at least 4 members (excludes halogenated alkanes) is 38. The quantitative estimate of drug-likeness (QED) is 0.0348. The Morgan fingerprint density at radius 2 is 0.705 bits per heavy atom. The molecule has 61 heavy (non-hydrogen) atoms. The lowest BCUT2D eigenvalue weighted by molar-refractivity contribution is -0.161. The van der Waals surface area contributed by atoms with E-state index in [-0.39, 0.29) is 38.6 Å². The zero-order valence-electron chi connectivity index (χ0n) is 40.4. The summed E-state index contributed by atoms with van der Waals surface area (Å²) in [7, 11) is -4.37. The first kappa shape index (κ1) is 60.0. The topological polar surface area (TPSA) is 134 Å². The van der Waals surface area contributed by atoms with Gasteiger partial charge in [0.2, 0.25) is 0 Å². The van der Waals surface area contributed by atoms with Crippen molar-refractivity contribution >= 4 is 19.8 Å². The Labute approximate surface area is 377 Å². The maximum absolute atomic E-state index is 12.6. The summed E-state index contributed by atoms with van der Waals surface area (Å²) in [6, 6.07) is 0. The number of hydrogen-bond acceptors (Lipinski definition) is 8. The highest BCUT2D eigenvalue weighted by molar-refractivity contribution is 7.47. The van der Waals surface area contributed by atoms with Gasteiger partial charge in [-0.2, -0.15) is 0 Å². The maximum Gasteiger partial charge on any atom is 0.472 e. The zero-order valence-corrected chi connectivity index (χ0v) is 41.3. The molecule has 10 heteroatoms. The third kappa shape index (κ3) is 48.3. The normalized spacial score (nSPS) is 13.0. The lowest BCUT2D eigenvalue weighted by Gasteiger charge is -2.19. The molecule has 364 valence electrons. The fourth-order valence-corrected chi connectivity index (χ4v) is 8.82. The molecule has 0 heterocycles. The molecule has 0 rings (SSSR count). The third-order valence-electron chi connectivity index (χ3n) is 12.0. The fraction of sp³-hybridized carbons (Fsp3) is 0.961. The van der Waals surface area contributed by atoms with Crippen LogP contribution in [0.25, 0.3) is 0 Å². The highest BCUT2D eigenvalue weighted by Crippen LogP contribution is 2.43. The van der Waals surface area contributed by atoms with Crippen LogP contribution in [0.2, 0.25) is 0 Å². The minimum atomic E-state index is -4.37. The average molecular weight is 888 g/mol. The van der Waals surface area contributed by atoms with E-state index in [1.54, 1.807) is 0 Å². The number of nitrogens with two attached hydrogens (primary N) is 1. The molecule has 0 radical (unpaired) electrons. The molecular formula is C51H102NO8P. The molecule has 0 aliphatic heterocycles. The van der Waals surface area contributed by atoms with Crippen molar-refractivity contribution in [3.05, 3.63) is 0 Å². The van der Waals surface area contributed by atoms with Gasteiger partial charge in [-0.05, 0) is 12.8 Å². The van der Waals surface area contributed by atoms with E-state index in [0.29, 0.717) is 6.42 Å². The molecule has 0 amide bonds. The maximum atomic E-state index is 12.6. The Balaban J connectivity index is 3.86. The van der Waals surface area contributed by atoms with Crippen molar-refractivity contribution in [1.82, 2.24) is 0 Å². The van der Waals surface area contributed by atoms with E-state index < -0.39 is 26.5 Å². The van der Waals surface area contributed by atoms with Gasteiger partial charge in [0.1, 0.15) is 6.61 Å². The monoisotopic (exact) mass is 888 g/mol. The molecule has 0 aliphatic rings. The smallest absolute Gasteiger partial charge is 0.462 e. The zero-order chi connectivity index (χ0) is 44.6. The molecular weight excluding hydrogens is 786 g/mol. The Morgan fingerprint density at radius 1 is 0.426 bits per heavy atom. The number of phosphoric acid groups is 1. The van der Waals surface area contributed by atoms with Crippen LogP contribution in [0.5, 0.6) is 0 Å². The third-order valence-corrected chi connectivity index (χ3v) is 13.0. The molecule has 0 aromatic rings. The van der Waals surface area contributed by atoms with Crippen LogP contribution in [0.15, 0.2) is 0 Å². The minimum absolute atomic E-state index is 0.0583. The highest BCUT2D eigenvalue weighted by Gasteiger charge is 2.26. The average Bonchev–Trinajstić information content (AvgIpc) is 3.25. The van der Waals surface area contributed by atoms with E-state index in [1.807, 2.05) is 0 Å². The molecule has 0 aliphatic carbocycles. The van der Waals surface area contributed by atoms with Crippen LogP contribution in [-0.2, 0) is 32.7 Å². The van der Waals surface area contributed by atoms with E-state index in [9.17, 15) is 19.0 Å². The van der Waals surface area contributed by atoms with Gasteiger partial charge >= 0.3 is 19.8 Å². The Kier molecular flexibility index (Phi) is 47.7. The van der Waals surface area contributed by atoms with Gasteiger partial charge in [0.25, 0.3) is 0 Å². The number of carbonyl (C=O) groups is 2. The standard InChI is InChI=1S/C51H102NO8P/c1-3-5-7-9-11-13-15-17-18-19-20-21-22-23-24-25-26-27-28-29-30-31-32-34-36-38-40-42-44-51(54)60-49(48-59-61(55,56)58-46-45-52)47-57-50(53)43-41-39-37-35-33-16-14-12-10-8-6-4-2/h49H,3-48,52H2,1-2H3,(H,55,56). The summed E-state index contributed by atoms with van der Waals surface area (Å²) in [5.74, 6) is -0.809. The van der Waals surface area contributed by atoms with E-state index in [1.165, 1.54) is 218 Å². The van der Waals surface area contributed by atoms with Gasteiger partial charge in [0.15, 0.2) is 6.10 Å². The number of ether oxygens (including phenoxy) is 2. The first-order chi connectivity index (χ1) is 29.8. The molecule has 2 unspecified atom stereocenters. The Hall–Kier alpha value is -0.990. The molecule has 0 saturated heterocycles. The number of carbonyl (C=O) groups excluding carboxylic acids is 2. The van der Waals surface area contributed by atoms with Crippen molar-refractivity contribution < 1.29 is 37.6 Å². The summed E-state index contributed by atoms with van der Waals surface area (Å²) < 4.78 is 32.9. The summed E-state index contributed by atoms with van der Waals surface area (Å²) in [6.45, 7) is 3.79. The van der Waals surface area contributed by atoms with Gasteiger partial charge in [-0.1, -0.05) is 258 Å². The van der Waals surface area contributed by atoms with Gasteiger partial charge < -0.3 is 20.1 Å². The highest BCUT2D eigenvalue weighted by atomic mass is 31.2. The van der Waals surface area contributed by atoms with Gasteiger partial charge in [-0.25, -0.2) is 4.57 Å². The second-order valence-corrected chi connectivity index (χ2v) is 19.6. The number of phosphoric ester groups is 1. The summed E-state index contributed by atoms with van der Waals surface area (Å²) >= 11 is 0. The molecule has 0 fully saturated rings. The van der Waals surface area contributed by atoms with E-state index in [4.69, 9.17) is 24.3 Å². The van der Waals surface area contributed by atoms with Crippen molar-refractivity contribution in [2.24, 2.45) is 5.73 Å². The van der Waals surface area contributed by atoms with Crippen LogP contribution < -0.4 is 5.73 Å². The van der Waals surface area contributed by atoms with Gasteiger partial charge in [-0.15, -0.1) is 0 Å². The fourth-order valence-electron chi connectivity index (χ4n) is 8.05. The molecule has 0 aromatic carbocycles. The van der Waals surface area contributed by atoms with Crippen molar-refractivity contribution in [2.75, 3.05) is 26.4 Å². The second-order valence-electron chi connectivity index (χ2n) is 18.1. The van der Waals surface area contributed by atoms with Crippen LogP contribution in [-0.4, -0.2) is 49.3 Å². The van der Waals surface area contributed by atoms with E-state index in [2.05, 4.69) is 13.8 Å². The molecule has 0 saturated carbocycles. The van der Waals surface area contributed by atoms with E-state index >= 15 is 0 Å². The lowest BCUT2D eigenvalue weighted by atomic mass is 10.0. The van der Waals surface area contributed by atoms with Crippen molar-refractivity contribution in [1.29, 1.82) is 0 Å². The summed E-state index contributed by atoms with van der Waals surface area (Å²) in [5.41, 5.74) is 5.36. The molecule has 0 bridgehead atoms. The van der Waals surface area contributed by atoms with Crippen molar-refractivity contribution in [3.8, 4) is 0 Å². The van der Waals surface area contributed by atoms with Gasteiger partial charge in [0.05, 0.1) is 13.2 Å². The number of hydrogen-bond donors (Lipinski definition) is 2. The van der Waals surface area contributed by atoms with Crippen LogP contribution >= 0.6 is 7.82 Å². The Bertz CT molecular complexity index is 969. The van der Waals surface area contributed by atoms with Crippen LogP contribution in [0.4, 0.5) is 0 Å². The van der Waals surface area contributed by atoms with Crippen LogP contribution in [0.1, 0.15) is 284 Å². The van der Waals surface area contributed by atoms with Gasteiger partial charge in [0, 0.05) is 19.4 Å². The molecule has 9 nitrogen and oxygen atoms in total. The summed E-state index contributed by atoms with van der Waals surface area (Å²) in [5, 5.41) is 0. The predicted molar refractivity (Wildman–Crippen MR) is 257 cm³/mol. The first-order valence-electron chi connectivity index (χ1n) is 26.5. The number of esters is 2. The molecule has 0 spiro atoms. The first-order valence-corrected chi connectivity index (χ1v) is 28.0.